The van der Waals surface area contributed by atoms with Crippen LogP contribution in [0.2, 0.25) is 0 Å². The van der Waals surface area contributed by atoms with Gasteiger partial charge in [0.1, 0.15) is 35.0 Å². The van der Waals surface area contributed by atoms with Crippen LogP contribution in [-0.2, 0) is 0 Å². The molecule has 0 aliphatic heterocycles. The van der Waals surface area contributed by atoms with Gasteiger partial charge >= 0.3 is 6.03 Å². The smallest absolute Gasteiger partial charge is 0.323 e. The Balaban J connectivity index is 0.932. The van der Waals surface area contributed by atoms with E-state index in [0.717, 1.165) is 22.5 Å². The minimum Gasteiger partial charge on any atom is -0.373 e. The second-order valence-corrected chi connectivity index (χ2v) is 13.3. The van der Waals surface area contributed by atoms with Crippen molar-refractivity contribution in [1.82, 2.24) is 10.6 Å². The number of hydrogen-bond donors (Lipinski definition) is 14. The summed E-state index contributed by atoms with van der Waals surface area (Å²) >= 11 is 0. The number of carbonyl (C=O) groups is 1. The van der Waals surface area contributed by atoms with Crippen molar-refractivity contribution in [2.24, 2.45) is 0 Å². The van der Waals surface area contributed by atoms with Crippen molar-refractivity contribution in [3.63, 3.8) is 0 Å². The molecule has 0 fully saturated rings. The lowest BCUT2D eigenvalue weighted by Crippen LogP contribution is -2.20. The van der Waals surface area contributed by atoms with E-state index in [1.54, 1.807) is 135 Å². The van der Waals surface area contributed by atoms with Gasteiger partial charge < -0.3 is 42.5 Å². The van der Waals surface area contributed by atoms with Gasteiger partial charge in [0.15, 0.2) is 0 Å². The molecule has 0 aliphatic carbocycles. The number of benzene rings is 6. The van der Waals surface area contributed by atoms with Crippen LogP contribution in [0, 0.1) is 32.5 Å². The van der Waals surface area contributed by atoms with E-state index in [1.807, 2.05) is 24.3 Å². The van der Waals surface area contributed by atoms with Crippen molar-refractivity contribution < 1.29 is 4.79 Å². The summed E-state index contributed by atoms with van der Waals surface area (Å²) in [4.78, 5) is 12.8. The van der Waals surface area contributed by atoms with Crippen LogP contribution in [0.15, 0.2) is 146 Å². The first-order valence-corrected chi connectivity index (χ1v) is 18.6. The lowest BCUT2D eigenvalue weighted by molar-refractivity contribution is 0.262. The Morgan fingerprint density at radius 3 is 0.633 bits per heavy atom. The average molecular weight is 797 g/mol. The van der Waals surface area contributed by atoms with E-state index in [2.05, 4.69) is 42.5 Å². The van der Waals surface area contributed by atoms with Gasteiger partial charge in [0.2, 0.25) is 0 Å². The van der Waals surface area contributed by atoms with Crippen LogP contribution >= 0.6 is 0 Å². The molecule has 0 aliphatic rings. The third kappa shape index (κ3) is 10.8. The molecule has 15 nitrogen and oxygen atoms in total. The van der Waals surface area contributed by atoms with Gasteiger partial charge in [0, 0.05) is 81.6 Å². The maximum atomic E-state index is 12.8. The van der Waals surface area contributed by atoms with Crippen LogP contribution in [0.25, 0.3) is 0 Å². The highest BCUT2D eigenvalue weighted by atomic mass is 16.2. The summed E-state index contributed by atoms with van der Waals surface area (Å²) in [7, 11) is 3.39. The summed E-state index contributed by atoms with van der Waals surface area (Å²) in [5.41, 5.74) is 7.95. The third-order valence-corrected chi connectivity index (χ3v) is 9.13. The molecule has 0 saturated carbocycles. The number of hydrogen-bond acceptors (Lipinski definition) is 7. The molecule has 6 aromatic carbocycles. The van der Waals surface area contributed by atoms with Crippen molar-refractivity contribution in [1.29, 1.82) is 32.5 Å². The van der Waals surface area contributed by atoms with E-state index < -0.39 is 6.03 Å². The molecule has 14 N–H and O–H groups in total. The summed E-state index contributed by atoms with van der Waals surface area (Å²) in [6.07, 6.45) is 0. The number of anilines is 6. The van der Waals surface area contributed by atoms with Gasteiger partial charge in [-0.1, -0.05) is 0 Å². The first kappa shape index (κ1) is 41.1. The zero-order valence-electron chi connectivity index (χ0n) is 32.8. The molecule has 2 amide bonds. The fourth-order valence-corrected chi connectivity index (χ4v) is 5.77. The van der Waals surface area contributed by atoms with Gasteiger partial charge in [0.25, 0.3) is 0 Å². The van der Waals surface area contributed by atoms with E-state index in [0.29, 0.717) is 56.7 Å². The summed E-state index contributed by atoms with van der Waals surface area (Å²) in [5.74, 6) is 1.39. The quantitative estimate of drug-likeness (QED) is 0.0426. The van der Waals surface area contributed by atoms with Crippen molar-refractivity contribution in [3.05, 3.63) is 179 Å². The molecule has 6 rings (SSSR count). The van der Waals surface area contributed by atoms with Gasteiger partial charge in [-0.2, -0.15) is 0 Å². The number of rotatable bonds is 12. The van der Waals surface area contributed by atoms with Gasteiger partial charge in [-0.05, 0) is 146 Å². The summed E-state index contributed by atoms with van der Waals surface area (Å²) in [6, 6.07) is 42.0. The molecule has 6 aromatic rings. The highest BCUT2D eigenvalue weighted by molar-refractivity contribution is 6.10. The number of carbonyl (C=O) groups excluding carboxylic acids is 1. The van der Waals surface area contributed by atoms with Gasteiger partial charge in [-0.25, -0.2) is 4.79 Å². The first-order chi connectivity index (χ1) is 29.0. The second kappa shape index (κ2) is 19.0. The molecule has 0 saturated heterocycles. The Kier molecular flexibility index (Phi) is 13.0. The predicted molar refractivity (Wildman–Crippen MR) is 245 cm³/mol. The minimum atomic E-state index is -0.449. The topological polar surface area (TPSA) is 256 Å². The molecule has 300 valence electrons. The van der Waals surface area contributed by atoms with Crippen LogP contribution in [0.3, 0.4) is 0 Å². The number of nitrogens with one attached hydrogen (secondary N) is 14. The third-order valence-electron chi connectivity index (χ3n) is 9.13. The highest BCUT2D eigenvalue weighted by Gasteiger charge is 2.10. The average Bonchev–Trinajstić information content (AvgIpc) is 3.27. The summed E-state index contributed by atoms with van der Waals surface area (Å²) < 4.78 is 0. The number of amides is 2. The Labute approximate surface area is 347 Å². The molecule has 0 spiro atoms. The van der Waals surface area contributed by atoms with Crippen molar-refractivity contribution in [2.75, 3.05) is 46.0 Å². The minimum absolute atomic E-state index is 0.163. The molecule has 0 aromatic heterocycles. The largest absolute Gasteiger partial charge is 0.373 e. The van der Waals surface area contributed by atoms with Crippen LogP contribution in [-0.4, -0.2) is 55.1 Å². The zero-order chi connectivity index (χ0) is 42.6. The van der Waals surface area contributed by atoms with Gasteiger partial charge in [-0.3, -0.25) is 32.5 Å². The monoisotopic (exact) mass is 796 g/mol. The van der Waals surface area contributed by atoms with E-state index >= 15 is 0 Å². The Morgan fingerprint density at radius 1 is 0.283 bits per heavy atom. The predicted octanol–water partition coefficient (Wildman–Crippen LogP) is 8.17. The molecule has 0 bridgehead atoms. The molecule has 60 heavy (non-hydrogen) atoms. The van der Waals surface area contributed by atoms with E-state index in [9.17, 15) is 4.79 Å². The van der Waals surface area contributed by atoms with Crippen LogP contribution in [0.1, 0.15) is 33.4 Å². The highest BCUT2D eigenvalue weighted by Crippen LogP contribution is 2.19. The summed E-state index contributed by atoms with van der Waals surface area (Å²) in [5, 5.41) is 73.1. The standard InChI is InChI=1S/C45H44N14O/c1-52-39(46)27-3-15-33(16-4-27)54-41(48)29-7-19-35(20-8-29)56-43(50)31-11-23-37(24-12-31)58-45(60)59-38-25-13-32(14-26-38)44(51)57-36-21-9-30(10-22-36)42(49)55-34-17-5-28(6-18-34)40(47)53-2/h3-26H,1-2H3,(H2,46,52)(H2,47,53)(H2,48,54)(H2,49,55)(H2,50,56)(H2,51,57)(H2,58,59,60). The normalized spacial score (nSPS) is 10.3. The lowest BCUT2D eigenvalue weighted by atomic mass is 10.1. The lowest BCUT2D eigenvalue weighted by Gasteiger charge is -2.13. The maximum Gasteiger partial charge on any atom is 0.323 e. The Hall–Kier alpha value is -8.59. The maximum absolute atomic E-state index is 12.8. The number of urea groups is 1. The summed E-state index contributed by atoms with van der Waals surface area (Å²) in [6.45, 7) is 0. The van der Waals surface area contributed by atoms with Crippen LogP contribution in [0.5, 0.6) is 0 Å². The van der Waals surface area contributed by atoms with Crippen molar-refractivity contribution in [2.45, 2.75) is 0 Å². The fourth-order valence-electron chi connectivity index (χ4n) is 5.77. The Bertz CT molecular complexity index is 2350. The van der Waals surface area contributed by atoms with E-state index in [4.69, 9.17) is 32.5 Å². The molecule has 0 atom stereocenters. The van der Waals surface area contributed by atoms with Crippen LogP contribution < -0.4 is 42.5 Å². The molecular formula is C45H44N14O. The first-order valence-electron chi connectivity index (χ1n) is 18.6. The molecule has 0 unspecified atom stereocenters. The van der Waals surface area contributed by atoms with E-state index in [-0.39, 0.29) is 23.3 Å². The fraction of sp³-hybridized carbons (Fsp3) is 0.0444. The Morgan fingerprint density at radius 2 is 0.450 bits per heavy atom. The molecular weight excluding hydrogens is 753 g/mol. The van der Waals surface area contributed by atoms with Crippen molar-refractivity contribution >= 4 is 75.2 Å². The van der Waals surface area contributed by atoms with Crippen molar-refractivity contribution in [3.8, 4) is 0 Å². The van der Waals surface area contributed by atoms with E-state index in [1.165, 1.54) is 0 Å². The molecule has 15 heteroatoms. The van der Waals surface area contributed by atoms with Crippen LogP contribution in [0.4, 0.5) is 38.9 Å². The zero-order valence-corrected chi connectivity index (χ0v) is 32.8. The molecule has 0 radical (unpaired) electrons. The van der Waals surface area contributed by atoms with Gasteiger partial charge in [0.05, 0.1) is 0 Å². The molecule has 0 heterocycles. The SMILES string of the molecule is CNC(=N)c1ccc(NC(=N)c2ccc(NC(=N)c3ccc(NC(=O)Nc4ccc(C(=N)Nc5ccc(C(=N)Nc6ccc(C(=N)NC)cc6)cc5)cc4)cc3)cc2)cc1. The van der Waals surface area contributed by atoms with Gasteiger partial charge in [-0.15, -0.1) is 0 Å². The second-order valence-electron chi connectivity index (χ2n) is 13.3. The number of amidine groups is 6.